The number of aliphatic hydroxyl groups excluding tert-OH is 1. The summed E-state index contributed by atoms with van der Waals surface area (Å²) in [6, 6.07) is 7.00. The number of hydrogen-bond acceptors (Lipinski definition) is 10. The maximum Gasteiger partial charge on any atom is 0.334 e. The SMILES string of the molecule is COC(CC[C@H](C)[C@H]1O[C@@]23C[C@H](OC(=O)C[C@H]([C@@H](C)O)OC(=O)/C=C(\O2)[C@](C)(O)CC3(C)C)C1C)c1cccc(O)c1. The maximum absolute atomic E-state index is 13.1. The second kappa shape index (κ2) is 12.1. The van der Waals surface area contributed by atoms with Gasteiger partial charge in [-0.2, -0.15) is 0 Å². The Hall–Kier alpha value is -2.66. The molecule has 2 saturated heterocycles. The van der Waals surface area contributed by atoms with Crippen molar-refractivity contribution in [2.24, 2.45) is 17.3 Å². The summed E-state index contributed by atoms with van der Waals surface area (Å²) in [5.41, 5.74) is -1.37. The lowest BCUT2D eigenvalue weighted by Gasteiger charge is -2.59. The van der Waals surface area contributed by atoms with Crippen LogP contribution in [0, 0.1) is 17.3 Å². The van der Waals surface area contributed by atoms with E-state index in [4.69, 9.17) is 23.7 Å². The Kier molecular flexibility index (Phi) is 9.33. The topological polar surface area (TPSA) is 141 Å². The molecule has 1 spiro atoms. The van der Waals surface area contributed by atoms with Crippen LogP contribution in [0.3, 0.4) is 0 Å². The number of phenols is 1. The molecule has 3 aliphatic rings. The highest BCUT2D eigenvalue weighted by Crippen LogP contribution is 2.56. The number of phenolic OH excluding ortho intramolecular Hbond substituents is 1. The van der Waals surface area contributed by atoms with E-state index in [9.17, 15) is 24.9 Å². The number of esters is 2. The summed E-state index contributed by atoms with van der Waals surface area (Å²) < 4.78 is 30.5. The molecule has 2 fully saturated rings. The Balaban J connectivity index is 1.68. The molecule has 0 radical (unpaired) electrons. The fraction of sp³-hybridized carbons (Fsp3) is 0.688. The summed E-state index contributed by atoms with van der Waals surface area (Å²) in [6.07, 6.45) is -0.974. The minimum atomic E-state index is -1.50. The first-order chi connectivity index (χ1) is 19.6. The smallest absolute Gasteiger partial charge is 0.334 e. The molecule has 3 aliphatic heterocycles. The third-order valence-electron chi connectivity index (χ3n) is 9.20. The molecular weight excluding hydrogens is 544 g/mol. The van der Waals surface area contributed by atoms with Crippen molar-refractivity contribution in [3.05, 3.63) is 41.7 Å². The van der Waals surface area contributed by atoms with E-state index in [0.29, 0.717) is 12.8 Å². The van der Waals surface area contributed by atoms with Gasteiger partial charge in [-0.1, -0.05) is 39.8 Å². The highest BCUT2D eigenvalue weighted by molar-refractivity contribution is 5.83. The Morgan fingerprint density at radius 3 is 2.48 bits per heavy atom. The largest absolute Gasteiger partial charge is 0.508 e. The first-order valence-electron chi connectivity index (χ1n) is 14.8. The average molecular weight is 591 g/mol. The molecule has 0 aliphatic carbocycles. The van der Waals surface area contributed by atoms with Gasteiger partial charge in [0.15, 0.2) is 0 Å². The van der Waals surface area contributed by atoms with E-state index in [-0.39, 0.29) is 48.7 Å². The van der Waals surface area contributed by atoms with Gasteiger partial charge < -0.3 is 39.0 Å². The minimum absolute atomic E-state index is 0.00565. The summed E-state index contributed by atoms with van der Waals surface area (Å²) >= 11 is 0. The standard InChI is InChI=1S/C32H46O10/c1-18(11-12-23(38-7)21-9-8-10-22(34)13-21)29-19(2)25-16-32(42-29)30(4,5)17-31(6,37)26(41-32)15-28(36)39-24(20(3)33)14-27(35)40-25/h8-10,13,15,18-20,23-25,29,33-34,37H,11-12,14,16-17H2,1-7H3/b26-15-/t18-,19?,20+,23?,24+,25-,29+,31+,32+/m0/s1. The molecule has 10 heteroatoms. The number of carbonyl (C=O) groups excluding carboxylic acids is 2. The molecular formula is C32H46O10. The molecule has 2 unspecified atom stereocenters. The summed E-state index contributed by atoms with van der Waals surface area (Å²) in [7, 11) is 1.64. The number of ether oxygens (including phenoxy) is 5. The van der Waals surface area contributed by atoms with Crippen LogP contribution < -0.4 is 0 Å². The molecule has 3 bridgehead atoms. The lowest BCUT2D eigenvalue weighted by Crippen LogP contribution is -2.65. The maximum atomic E-state index is 13.1. The van der Waals surface area contributed by atoms with Crippen LogP contribution in [0.1, 0.15) is 85.3 Å². The molecule has 4 rings (SSSR count). The minimum Gasteiger partial charge on any atom is -0.508 e. The fourth-order valence-electron chi connectivity index (χ4n) is 6.72. The first-order valence-corrected chi connectivity index (χ1v) is 14.8. The van der Waals surface area contributed by atoms with Gasteiger partial charge in [0.25, 0.3) is 0 Å². The van der Waals surface area contributed by atoms with Gasteiger partial charge in [-0.3, -0.25) is 4.79 Å². The van der Waals surface area contributed by atoms with Crippen LogP contribution in [0.25, 0.3) is 0 Å². The number of methoxy groups -OCH3 is 1. The van der Waals surface area contributed by atoms with Crippen molar-refractivity contribution in [1.29, 1.82) is 0 Å². The number of aliphatic hydroxyl groups is 2. The van der Waals surface area contributed by atoms with E-state index in [1.54, 1.807) is 32.2 Å². The predicted molar refractivity (Wildman–Crippen MR) is 152 cm³/mol. The highest BCUT2D eigenvalue weighted by atomic mass is 16.7. The van der Waals surface area contributed by atoms with Gasteiger partial charge in [0.05, 0.1) is 37.2 Å². The van der Waals surface area contributed by atoms with Gasteiger partial charge in [-0.15, -0.1) is 0 Å². The lowest BCUT2D eigenvalue weighted by molar-refractivity contribution is -0.371. The molecule has 3 heterocycles. The van der Waals surface area contributed by atoms with Crippen LogP contribution in [0.15, 0.2) is 36.1 Å². The number of cyclic esters (lactones) is 1. The summed E-state index contributed by atoms with van der Waals surface area (Å²) in [5.74, 6) is -2.83. The molecule has 234 valence electrons. The molecule has 3 N–H and O–H groups in total. The van der Waals surface area contributed by atoms with E-state index in [1.165, 1.54) is 6.92 Å². The molecule has 9 atom stereocenters. The molecule has 42 heavy (non-hydrogen) atoms. The summed E-state index contributed by atoms with van der Waals surface area (Å²) in [5, 5.41) is 31.5. The van der Waals surface area contributed by atoms with Crippen LogP contribution in [0.4, 0.5) is 0 Å². The van der Waals surface area contributed by atoms with Crippen molar-refractivity contribution in [1.82, 2.24) is 0 Å². The van der Waals surface area contributed by atoms with E-state index < -0.39 is 53.2 Å². The number of hydrogen-bond donors (Lipinski definition) is 3. The highest BCUT2D eigenvalue weighted by Gasteiger charge is 2.63. The molecule has 0 amide bonds. The van der Waals surface area contributed by atoms with Crippen molar-refractivity contribution < 1.29 is 48.6 Å². The van der Waals surface area contributed by atoms with Crippen LogP contribution in [0.2, 0.25) is 0 Å². The van der Waals surface area contributed by atoms with E-state index in [0.717, 1.165) is 11.6 Å². The number of rotatable bonds is 7. The molecule has 10 nitrogen and oxygen atoms in total. The van der Waals surface area contributed by atoms with Crippen LogP contribution >= 0.6 is 0 Å². The van der Waals surface area contributed by atoms with E-state index >= 15 is 0 Å². The third kappa shape index (κ3) is 6.61. The average Bonchev–Trinajstić information content (AvgIpc) is 2.88. The zero-order chi connectivity index (χ0) is 31.0. The van der Waals surface area contributed by atoms with Gasteiger partial charge in [-0.25, -0.2) is 4.79 Å². The van der Waals surface area contributed by atoms with E-state index in [2.05, 4.69) is 6.92 Å². The van der Waals surface area contributed by atoms with Crippen LogP contribution in [0.5, 0.6) is 5.75 Å². The number of fused-ring (bicyclic) bond motifs is 2. The first kappa shape index (κ1) is 32.3. The van der Waals surface area contributed by atoms with Gasteiger partial charge in [0, 0.05) is 18.4 Å². The quantitative estimate of drug-likeness (QED) is 0.394. The van der Waals surface area contributed by atoms with Gasteiger partial charge in [0.1, 0.15) is 29.3 Å². The Bertz CT molecular complexity index is 1170. The van der Waals surface area contributed by atoms with Crippen molar-refractivity contribution in [2.45, 2.75) is 116 Å². The van der Waals surface area contributed by atoms with Crippen molar-refractivity contribution in [2.75, 3.05) is 7.11 Å². The van der Waals surface area contributed by atoms with Crippen molar-refractivity contribution in [3.63, 3.8) is 0 Å². The normalized spacial score (nSPS) is 36.5. The monoisotopic (exact) mass is 590 g/mol. The predicted octanol–water partition coefficient (Wildman–Crippen LogP) is 4.31. The van der Waals surface area contributed by atoms with Crippen LogP contribution in [-0.2, 0) is 33.3 Å². The van der Waals surface area contributed by atoms with Gasteiger partial charge >= 0.3 is 11.9 Å². The van der Waals surface area contributed by atoms with Gasteiger partial charge in [-0.05, 0) is 56.7 Å². The second-order valence-electron chi connectivity index (χ2n) is 13.2. The van der Waals surface area contributed by atoms with Crippen LogP contribution in [-0.4, -0.2) is 70.2 Å². The zero-order valence-electron chi connectivity index (χ0n) is 25.7. The fourth-order valence-corrected chi connectivity index (χ4v) is 6.72. The van der Waals surface area contributed by atoms with Crippen molar-refractivity contribution in [3.8, 4) is 5.75 Å². The number of carbonyl (C=O) groups is 2. The lowest BCUT2D eigenvalue weighted by atomic mass is 9.66. The summed E-state index contributed by atoms with van der Waals surface area (Å²) in [4.78, 5) is 26.0. The molecule has 0 saturated carbocycles. The Morgan fingerprint density at radius 1 is 1.12 bits per heavy atom. The Morgan fingerprint density at radius 2 is 1.83 bits per heavy atom. The van der Waals surface area contributed by atoms with Crippen molar-refractivity contribution >= 4 is 11.9 Å². The Labute approximate surface area is 247 Å². The molecule has 0 aromatic heterocycles. The number of benzene rings is 1. The molecule has 1 aromatic carbocycles. The number of aromatic hydroxyl groups is 1. The zero-order valence-corrected chi connectivity index (χ0v) is 25.7. The van der Waals surface area contributed by atoms with E-state index in [1.807, 2.05) is 26.8 Å². The summed E-state index contributed by atoms with van der Waals surface area (Å²) in [6.45, 7) is 10.9. The second-order valence-corrected chi connectivity index (χ2v) is 13.2. The van der Waals surface area contributed by atoms with Gasteiger partial charge in [0.2, 0.25) is 5.79 Å². The third-order valence-corrected chi connectivity index (χ3v) is 9.20. The molecule has 1 aromatic rings.